The highest BCUT2D eigenvalue weighted by Crippen LogP contribution is 2.18. The zero-order chi connectivity index (χ0) is 15.4. The molecule has 0 heterocycles. The third kappa shape index (κ3) is 3.47. The Bertz CT molecular complexity index is 762. The summed E-state index contributed by atoms with van der Waals surface area (Å²) in [6.07, 6.45) is -0.0144. The third-order valence-electron chi connectivity index (χ3n) is 2.91. The lowest BCUT2D eigenvalue weighted by Gasteiger charge is -2.06. The van der Waals surface area contributed by atoms with Gasteiger partial charge in [-0.25, -0.2) is 4.79 Å². The number of carboxylic acid groups (broad SMARTS) is 1. The van der Waals surface area contributed by atoms with E-state index in [1.807, 2.05) is 6.07 Å². The standard InChI is InChI=1S/C16H10ClNO3/c17-12-6-10(5-11(7-12)9-18)8-15(19)13-3-1-2-4-14(13)16(20)21/h1-7H,8H2,(H,20,21). The maximum Gasteiger partial charge on any atom is 0.336 e. The minimum Gasteiger partial charge on any atom is -0.478 e. The number of halogens is 1. The Morgan fingerprint density at radius 2 is 1.81 bits per heavy atom. The van der Waals surface area contributed by atoms with Crippen molar-refractivity contribution in [3.05, 3.63) is 69.7 Å². The summed E-state index contributed by atoms with van der Waals surface area (Å²) in [4.78, 5) is 23.4. The maximum absolute atomic E-state index is 12.3. The van der Waals surface area contributed by atoms with Crippen molar-refractivity contribution in [2.24, 2.45) is 0 Å². The second-order valence-corrected chi connectivity index (χ2v) is 4.85. The van der Waals surface area contributed by atoms with E-state index in [1.165, 1.54) is 18.2 Å². The highest BCUT2D eigenvalue weighted by molar-refractivity contribution is 6.30. The summed E-state index contributed by atoms with van der Waals surface area (Å²) < 4.78 is 0. The number of rotatable bonds is 4. The van der Waals surface area contributed by atoms with Crippen LogP contribution in [0.15, 0.2) is 42.5 Å². The van der Waals surface area contributed by atoms with Crippen LogP contribution >= 0.6 is 11.6 Å². The van der Waals surface area contributed by atoms with Gasteiger partial charge in [0.25, 0.3) is 0 Å². The molecule has 0 aromatic heterocycles. The highest BCUT2D eigenvalue weighted by Gasteiger charge is 2.16. The fraction of sp³-hybridized carbons (Fsp3) is 0.0625. The van der Waals surface area contributed by atoms with Crippen molar-refractivity contribution in [3.63, 3.8) is 0 Å². The van der Waals surface area contributed by atoms with Crippen molar-refractivity contribution in [1.29, 1.82) is 5.26 Å². The number of hydrogen-bond donors (Lipinski definition) is 1. The van der Waals surface area contributed by atoms with Crippen LogP contribution in [0.2, 0.25) is 5.02 Å². The number of aromatic carboxylic acids is 1. The van der Waals surface area contributed by atoms with Crippen LogP contribution in [-0.2, 0) is 6.42 Å². The molecular formula is C16H10ClNO3. The second-order valence-electron chi connectivity index (χ2n) is 4.41. The van der Waals surface area contributed by atoms with Crippen molar-refractivity contribution >= 4 is 23.4 Å². The average Bonchev–Trinajstić information content (AvgIpc) is 2.46. The van der Waals surface area contributed by atoms with Gasteiger partial charge in [0.2, 0.25) is 0 Å². The molecule has 0 amide bonds. The Morgan fingerprint density at radius 3 is 2.43 bits per heavy atom. The largest absolute Gasteiger partial charge is 0.478 e. The van der Waals surface area contributed by atoms with Crippen LogP contribution in [0.5, 0.6) is 0 Å². The molecule has 0 atom stereocenters. The summed E-state index contributed by atoms with van der Waals surface area (Å²) >= 11 is 5.88. The van der Waals surface area contributed by atoms with E-state index in [0.717, 1.165) is 0 Å². The molecule has 2 rings (SSSR count). The van der Waals surface area contributed by atoms with Crippen LogP contribution in [-0.4, -0.2) is 16.9 Å². The predicted octanol–water partition coefficient (Wildman–Crippen LogP) is 3.34. The third-order valence-corrected chi connectivity index (χ3v) is 3.13. The van der Waals surface area contributed by atoms with E-state index in [9.17, 15) is 9.59 Å². The lowest BCUT2D eigenvalue weighted by atomic mass is 9.98. The molecule has 2 aromatic rings. The summed E-state index contributed by atoms with van der Waals surface area (Å²) in [5.74, 6) is -1.48. The van der Waals surface area contributed by atoms with E-state index in [4.69, 9.17) is 22.0 Å². The van der Waals surface area contributed by atoms with E-state index in [-0.39, 0.29) is 23.3 Å². The van der Waals surface area contributed by atoms with Crippen molar-refractivity contribution in [3.8, 4) is 6.07 Å². The molecule has 104 valence electrons. The molecule has 0 aliphatic heterocycles. The topological polar surface area (TPSA) is 78.2 Å². The number of carbonyl (C=O) groups is 2. The molecule has 2 aromatic carbocycles. The lowest BCUT2D eigenvalue weighted by molar-refractivity contribution is 0.0692. The van der Waals surface area contributed by atoms with Gasteiger partial charge in [-0.05, 0) is 29.8 Å². The van der Waals surface area contributed by atoms with Crippen LogP contribution in [0.25, 0.3) is 0 Å². The first-order valence-electron chi connectivity index (χ1n) is 6.06. The molecule has 0 radical (unpaired) electrons. The first-order chi connectivity index (χ1) is 10.0. The molecule has 4 nitrogen and oxygen atoms in total. The first-order valence-corrected chi connectivity index (χ1v) is 6.44. The SMILES string of the molecule is N#Cc1cc(Cl)cc(CC(=O)c2ccccc2C(=O)O)c1. The van der Waals surface area contributed by atoms with Crippen molar-refractivity contribution in [2.75, 3.05) is 0 Å². The Balaban J connectivity index is 2.33. The summed E-state index contributed by atoms with van der Waals surface area (Å²) in [6.45, 7) is 0. The molecule has 0 aliphatic rings. The second kappa shape index (κ2) is 6.21. The lowest BCUT2D eigenvalue weighted by Crippen LogP contribution is -2.10. The minimum atomic E-state index is -1.15. The van der Waals surface area contributed by atoms with E-state index in [2.05, 4.69) is 0 Å². The number of Topliss-reactive ketones (excluding diaryl/α,β-unsaturated/α-hetero) is 1. The van der Waals surface area contributed by atoms with Gasteiger partial charge in [0.05, 0.1) is 17.2 Å². The van der Waals surface area contributed by atoms with Gasteiger partial charge in [0.15, 0.2) is 5.78 Å². The number of nitrogens with zero attached hydrogens (tertiary/aromatic N) is 1. The van der Waals surface area contributed by atoms with Gasteiger partial charge in [-0.15, -0.1) is 0 Å². The Labute approximate surface area is 126 Å². The van der Waals surface area contributed by atoms with E-state index >= 15 is 0 Å². The fourth-order valence-electron chi connectivity index (χ4n) is 2.01. The van der Waals surface area contributed by atoms with Crippen LogP contribution < -0.4 is 0 Å². The van der Waals surface area contributed by atoms with Gasteiger partial charge in [0, 0.05) is 17.0 Å². The van der Waals surface area contributed by atoms with Crippen molar-refractivity contribution in [1.82, 2.24) is 0 Å². The van der Waals surface area contributed by atoms with Gasteiger partial charge >= 0.3 is 5.97 Å². The number of ketones is 1. The number of nitriles is 1. The summed E-state index contributed by atoms with van der Waals surface area (Å²) in [5.41, 5.74) is 1.04. The number of carboxylic acids is 1. The zero-order valence-electron chi connectivity index (χ0n) is 10.8. The summed E-state index contributed by atoms with van der Waals surface area (Å²) in [5, 5.41) is 18.3. The molecule has 5 heteroatoms. The molecule has 0 saturated heterocycles. The van der Waals surface area contributed by atoms with Gasteiger partial charge < -0.3 is 5.11 Å². The van der Waals surface area contributed by atoms with E-state index in [1.54, 1.807) is 24.3 Å². The molecule has 0 aliphatic carbocycles. The fourth-order valence-corrected chi connectivity index (χ4v) is 2.27. The number of benzene rings is 2. The summed E-state index contributed by atoms with van der Waals surface area (Å²) in [6, 6.07) is 12.6. The zero-order valence-corrected chi connectivity index (χ0v) is 11.6. The predicted molar refractivity (Wildman–Crippen MR) is 77.6 cm³/mol. The monoisotopic (exact) mass is 299 g/mol. The number of hydrogen-bond acceptors (Lipinski definition) is 3. The molecule has 0 saturated carbocycles. The molecular weight excluding hydrogens is 290 g/mol. The van der Waals surface area contributed by atoms with Crippen molar-refractivity contribution < 1.29 is 14.7 Å². The maximum atomic E-state index is 12.3. The average molecular weight is 300 g/mol. The Morgan fingerprint density at radius 1 is 1.14 bits per heavy atom. The molecule has 21 heavy (non-hydrogen) atoms. The molecule has 0 fully saturated rings. The minimum absolute atomic E-state index is 0.0144. The number of carbonyl (C=O) groups excluding carboxylic acids is 1. The van der Waals surface area contributed by atoms with Crippen LogP contribution in [0.1, 0.15) is 31.8 Å². The quantitative estimate of drug-likeness (QED) is 0.878. The van der Waals surface area contributed by atoms with E-state index < -0.39 is 5.97 Å². The molecule has 0 bridgehead atoms. The van der Waals surface area contributed by atoms with Crippen LogP contribution in [0, 0.1) is 11.3 Å². The first kappa shape index (κ1) is 14.8. The smallest absolute Gasteiger partial charge is 0.336 e. The Hall–Kier alpha value is -2.64. The summed E-state index contributed by atoms with van der Waals surface area (Å²) in [7, 11) is 0. The van der Waals surface area contributed by atoms with E-state index in [0.29, 0.717) is 16.1 Å². The highest BCUT2D eigenvalue weighted by atomic mass is 35.5. The molecule has 0 unspecified atom stereocenters. The van der Waals surface area contributed by atoms with Crippen LogP contribution in [0.3, 0.4) is 0 Å². The normalized spacial score (nSPS) is 9.90. The van der Waals surface area contributed by atoms with Crippen molar-refractivity contribution in [2.45, 2.75) is 6.42 Å². The van der Waals surface area contributed by atoms with Crippen LogP contribution in [0.4, 0.5) is 0 Å². The van der Waals surface area contributed by atoms with Gasteiger partial charge in [-0.2, -0.15) is 5.26 Å². The molecule has 0 spiro atoms. The molecule has 1 N–H and O–H groups in total. The van der Waals surface area contributed by atoms with Gasteiger partial charge in [0.1, 0.15) is 0 Å². The van der Waals surface area contributed by atoms with Gasteiger partial charge in [-0.3, -0.25) is 4.79 Å². The van der Waals surface area contributed by atoms with Gasteiger partial charge in [-0.1, -0.05) is 29.8 Å². The Kier molecular flexibility index (Phi) is 4.36.